The highest BCUT2D eigenvalue weighted by Crippen LogP contribution is 2.30. The van der Waals surface area contributed by atoms with E-state index in [0.29, 0.717) is 13.0 Å². The van der Waals surface area contributed by atoms with E-state index < -0.39 is 23.2 Å². The SMILES string of the molecule is COC1CN(C(=O)NCc2ccc(F)cc2F)C(C)(CO)C1. The van der Waals surface area contributed by atoms with Crippen molar-refractivity contribution in [1.82, 2.24) is 10.2 Å². The smallest absolute Gasteiger partial charge is 0.318 e. The summed E-state index contributed by atoms with van der Waals surface area (Å²) in [5.74, 6) is -1.37. The van der Waals surface area contributed by atoms with Crippen LogP contribution in [0.2, 0.25) is 0 Å². The van der Waals surface area contributed by atoms with Crippen LogP contribution in [-0.4, -0.2) is 47.9 Å². The van der Waals surface area contributed by atoms with Crippen LogP contribution >= 0.6 is 0 Å². The van der Waals surface area contributed by atoms with Gasteiger partial charge in [0.2, 0.25) is 0 Å². The zero-order valence-corrected chi connectivity index (χ0v) is 12.6. The molecule has 0 aliphatic carbocycles. The fourth-order valence-corrected chi connectivity index (χ4v) is 2.66. The normalized spacial score (nSPS) is 24.6. The summed E-state index contributed by atoms with van der Waals surface area (Å²) in [5, 5.41) is 12.1. The Bertz CT molecular complexity index is 556. The molecule has 2 amide bonds. The van der Waals surface area contributed by atoms with Crippen LogP contribution in [0.1, 0.15) is 18.9 Å². The van der Waals surface area contributed by atoms with Gasteiger partial charge in [-0.2, -0.15) is 0 Å². The minimum atomic E-state index is -0.716. The third-order valence-electron chi connectivity index (χ3n) is 4.07. The Morgan fingerprint density at radius 1 is 1.55 bits per heavy atom. The molecule has 2 rings (SSSR count). The summed E-state index contributed by atoms with van der Waals surface area (Å²) in [6.07, 6.45) is 0.378. The summed E-state index contributed by atoms with van der Waals surface area (Å²) < 4.78 is 31.6. The van der Waals surface area contributed by atoms with Crippen LogP contribution in [0.25, 0.3) is 0 Å². The Kier molecular flexibility index (Phi) is 4.97. The average molecular weight is 314 g/mol. The maximum atomic E-state index is 13.5. The van der Waals surface area contributed by atoms with Gasteiger partial charge < -0.3 is 20.1 Å². The number of benzene rings is 1. The van der Waals surface area contributed by atoms with E-state index in [1.54, 1.807) is 14.0 Å². The summed E-state index contributed by atoms with van der Waals surface area (Å²) in [6.45, 7) is 1.88. The van der Waals surface area contributed by atoms with Crippen LogP contribution in [-0.2, 0) is 11.3 Å². The van der Waals surface area contributed by atoms with Crippen LogP contribution in [0.3, 0.4) is 0 Å². The second-order valence-corrected chi connectivity index (χ2v) is 5.72. The monoisotopic (exact) mass is 314 g/mol. The third kappa shape index (κ3) is 3.36. The van der Waals surface area contributed by atoms with Gasteiger partial charge in [0.25, 0.3) is 0 Å². The Balaban J connectivity index is 2.02. The van der Waals surface area contributed by atoms with Gasteiger partial charge in [0.1, 0.15) is 11.6 Å². The number of amides is 2. The van der Waals surface area contributed by atoms with E-state index in [1.165, 1.54) is 11.0 Å². The summed E-state index contributed by atoms with van der Waals surface area (Å²) in [5.41, 5.74) is -0.519. The van der Waals surface area contributed by atoms with Gasteiger partial charge in [0.05, 0.1) is 18.2 Å². The molecule has 2 atom stereocenters. The molecule has 0 saturated carbocycles. The highest BCUT2D eigenvalue weighted by atomic mass is 19.1. The molecular formula is C15H20F2N2O3. The van der Waals surface area contributed by atoms with Gasteiger partial charge in [0, 0.05) is 38.2 Å². The first-order chi connectivity index (χ1) is 10.4. The second-order valence-electron chi connectivity index (χ2n) is 5.72. The highest BCUT2D eigenvalue weighted by molar-refractivity contribution is 5.75. The van der Waals surface area contributed by atoms with Crippen molar-refractivity contribution in [1.29, 1.82) is 0 Å². The van der Waals surface area contributed by atoms with Crippen molar-refractivity contribution < 1.29 is 23.4 Å². The lowest BCUT2D eigenvalue weighted by Crippen LogP contribution is -2.51. The molecule has 1 aromatic rings. The molecule has 7 heteroatoms. The van der Waals surface area contributed by atoms with Gasteiger partial charge in [-0.05, 0) is 13.0 Å². The first kappa shape index (κ1) is 16.6. The number of methoxy groups -OCH3 is 1. The number of ether oxygens (including phenoxy) is 1. The first-order valence-corrected chi connectivity index (χ1v) is 7.02. The molecule has 1 aliphatic rings. The molecule has 2 N–H and O–H groups in total. The largest absolute Gasteiger partial charge is 0.394 e. The van der Waals surface area contributed by atoms with Crippen LogP contribution in [0.15, 0.2) is 18.2 Å². The number of aliphatic hydroxyl groups is 1. The van der Waals surface area contributed by atoms with Gasteiger partial charge in [-0.1, -0.05) is 6.07 Å². The van der Waals surface area contributed by atoms with E-state index >= 15 is 0 Å². The van der Waals surface area contributed by atoms with Crippen molar-refractivity contribution in [3.8, 4) is 0 Å². The van der Waals surface area contributed by atoms with E-state index in [2.05, 4.69) is 5.32 Å². The molecule has 1 heterocycles. The summed E-state index contributed by atoms with van der Waals surface area (Å²) in [4.78, 5) is 13.8. The lowest BCUT2D eigenvalue weighted by molar-refractivity contribution is 0.0948. The quantitative estimate of drug-likeness (QED) is 0.888. The predicted octanol–water partition coefficient (Wildman–Crippen LogP) is 1.65. The van der Waals surface area contributed by atoms with Crippen LogP contribution < -0.4 is 5.32 Å². The molecule has 2 unspecified atom stereocenters. The van der Waals surface area contributed by atoms with E-state index in [4.69, 9.17) is 4.74 Å². The van der Waals surface area contributed by atoms with Gasteiger partial charge >= 0.3 is 6.03 Å². The molecule has 1 fully saturated rings. The molecule has 0 bridgehead atoms. The molecule has 122 valence electrons. The number of nitrogens with one attached hydrogen (secondary N) is 1. The average Bonchev–Trinajstić information content (AvgIpc) is 2.84. The molecule has 1 saturated heterocycles. The predicted molar refractivity (Wildman–Crippen MR) is 76.2 cm³/mol. The van der Waals surface area contributed by atoms with E-state index in [9.17, 15) is 18.7 Å². The molecule has 0 aromatic heterocycles. The zero-order chi connectivity index (χ0) is 16.3. The number of hydrogen-bond acceptors (Lipinski definition) is 3. The Morgan fingerprint density at radius 3 is 2.86 bits per heavy atom. The second kappa shape index (κ2) is 6.58. The fraction of sp³-hybridized carbons (Fsp3) is 0.533. The number of aliphatic hydroxyl groups excluding tert-OH is 1. The van der Waals surface area contributed by atoms with Crippen molar-refractivity contribution in [3.63, 3.8) is 0 Å². The number of halogens is 2. The van der Waals surface area contributed by atoms with Gasteiger partial charge in [0.15, 0.2) is 0 Å². The van der Waals surface area contributed by atoms with Crippen molar-refractivity contribution in [3.05, 3.63) is 35.4 Å². The van der Waals surface area contributed by atoms with E-state index in [-0.39, 0.29) is 24.8 Å². The van der Waals surface area contributed by atoms with Crippen LogP contribution in [0, 0.1) is 11.6 Å². The Hall–Kier alpha value is -1.73. The summed E-state index contributed by atoms with van der Waals surface area (Å²) in [6, 6.07) is 2.79. The minimum Gasteiger partial charge on any atom is -0.394 e. The number of likely N-dealkylation sites (tertiary alicyclic amines) is 1. The van der Waals surface area contributed by atoms with Crippen LogP contribution in [0.4, 0.5) is 13.6 Å². The maximum Gasteiger partial charge on any atom is 0.318 e. The molecule has 0 radical (unpaired) electrons. The molecule has 5 nitrogen and oxygen atoms in total. The maximum absolute atomic E-state index is 13.5. The summed E-state index contributed by atoms with van der Waals surface area (Å²) >= 11 is 0. The Labute approximate surface area is 127 Å². The fourth-order valence-electron chi connectivity index (χ4n) is 2.66. The first-order valence-electron chi connectivity index (χ1n) is 7.02. The van der Waals surface area contributed by atoms with Crippen molar-refractivity contribution in [2.75, 3.05) is 20.3 Å². The standard InChI is InChI=1S/C15H20F2N2O3/c1-15(9-20)6-12(22-2)8-19(15)14(21)18-7-10-3-4-11(16)5-13(10)17/h3-5,12,20H,6-9H2,1-2H3,(H,18,21). The lowest BCUT2D eigenvalue weighted by atomic mass is 10.00. The number of carbonyl (C=O) groups excluding carboxylic acids is 1. The minimum absolute atomic E-state index is 0.0550. The zero-order valence-electron chi connectivity index (χ0n) is 12.6. The van der Waals surface area contributed by atoms with Crippen LogP contribution in [0.5, 0.6) is 0 Å². The van der Waals surface area contributed by atoms with Crippen molar-refractivity contribution in [2.24, 2.45) is 0 Å². The molecular weight excluding hydrogens is 294 g/mol. The molecule has 22 heavy (non-hydrogen) atoms. The van der Waals surface area contributed by atoms with Gasteiger partial charge in [-0.25, -0.2) is 13.6 Å². The number of nitrogens with zero attached hydrogens (tertiary/aromatic N) is 1. The van der Waals surface area contributed by atoms with Crippen molar-refractivity contribution in [2.45, 2.75) is 31.5 Å². The number of carbonyl (C=O) groups is 1. The molecule has 0 spiro atoms. The summed E-state index contributed by atoms with van der Waals surface area (Å²) in [7, 11) is 1.55. The third-order valence-corrected chi connectivity index (χ3v) is 4.07. The molecule has 1 aromatic carbocycles. The topological polar surface area (TPSA) is 61.8 Å². The number of rotatable bonds is 4. The van der Waals surface area contributed by atoms with Gasteiger partial charge in [-0.15, -0.1) is 0 Å². The number of urea groups is 1. The lowest BCUT2D eigenvalue weighted by Gasteiger charge is -2.33. The Morgan fingerprint density at radius 2 is 2.27 bits per heavy atom. The highest BCUT2D eigenvalue weighted by Gasteiger charge is 2.44. The molecule has 1 aliphatic heterocycles. The van der Waals surface area contributed by atoms with Crippen molar-refractivity contribution >= 4 is 6.03 Å². The number of hydrogen-bond donors (Lipinski definition) is 2. The van der Waals surface area contributed by atoms with E-state index in [0.717, 1.165) is 12.1 Å². The van der Waals surface area contributed by atoms with E-state index in [1.807, 2.05) is 0 Å². The van der Waals surface area contributed by atoms with Gasteiger partial charge in [-0.3, -0.25) is 0 Å².